The molecule has 0 saturated carbocycles. The molecule has 0 fully saturated rings. The van der Waals surface area contributed by atoms with Crippen molar-refractivity contribution in [1.82, 2.24) is 0 Å². The minimum absolute atomic E-state index is 0.951. The summed E-state index contributed by atoms with van der Waals surface area (Å²) < 4.78 is 0. The summed E-state index contributed by atoms with van der Waals surface area (Å²) in [6.45, 7) is 4.26. The summed E-state index contributed by atoms with van der Waals surface area (Å²) in [5.74, 6) is 0. The number of aryl methyl sites for hydroxylation is 2. The van der Waals surface area contributed by atoms with Crippen molar-refractivity contribution in [1.29, 1.82) is 0 Å². The Hall–Kier alpha value is -0.563. The van der Waals surface area contributed by atoms with Gasteiger partial charge in [-0.05, 0) is 31.0 Å². The van der Waals surface area contributed by atoms with Gasteiger partial charge in [-0.1, -0.05) is 23.8 Å². The molecule has 0 nitrogen and oxygen atoms in total. The molecule has 51 valence electrons. The minimum atomic E-state index is 0.951. The van der Waals surface area contributed by atoms with Gasteiger partial charge >= 0.3 is 0 Å². The Kier molecular flexibility index (Phi) is 2.28. The zero-order valence-corrected chi connectivity index (χ0v) is 7.44. The molecule has 0 aliphatic rings. The number of hydrogen-bond acceptors (Lipinski definition) is 0. The van der Waals surface area contributed by atoms with Crippen LogP contribution >= 0.6 is 0 Å². The van der Waals surface area contributed by atoms with Gasteiger partial charge in [0.05, 0.1) is 0 Å². The molecule has 0 spiro atoms. The van der Waals surface area contributed by atoms with Crippen LogP contribution < -0.4 is 0 Å². The quantitative estimate of drug-likeness (QED) is 0.533. The van der Waals surface area contributed by atoms with Crippen LogP contribution in [-0.2, 0) is 6.04 Å². The Morgan fingerprint density at radius 3 is 2.50 bits per heavy atom. The first-order valence-corrected chi connectivity index (χ1v) is 4.15. The Labute approximate surface area is 65.7 Å². The molecule has 1 aromatic carbocycles. The Morgan fingerprint density at radius 2 is 2.00 bits per heavy atom. The largest absolute Gasteiger partial charge is 0.0590 e. The van der Waals surface area contributed by atoms with Gasteiger partial charge in [-0.25, -0.2) is 0 Å². The van der Waals surface area contributed by atoms with Gasteiger partial charge in [-0.15, -0.1) is 0 Å². The normalized spacial score (nSPS) is 9.90. The smallest absolute Gasteiger partial charge is 0.0283 e. The average molecular weight is 147 g/mol. The first-order valence-electron chi connectivity index (χ1n) is 3.45. The third kappa shape index (κ3) is 1.48. The molecule has 1 aromatic rings. The first kappa shape index (κ1) is 7.54. The fourth-order valence-corrected chi connectivity index (χ4v) is 1.44. The Morgan fingerprint density at radius 1 is 1.30 bits per heavy atom. The lowest BCUT2D eigenvalue weighted by Crippen LogP contribution is -1.88. The van der Waals surface area contributed by atoms with Gasteiger partial charge in [0.25, 0.3) is 0 Å². The fraction of sp³-hybridized carbons (Fsp3) is 0.333. The van der Waals surface area contributed by atoms with E-state index in [9.17, 15) is 0 Å². The second-order valence-corrected chi connectivity index (χ2v) is 2.96. The van der Waals surface area contributed by atoms with Gasteiger partial charge in [-0.2, -0.15) is 0 Å². The maximum absolute atomic E-state index is 3.48. The molecule has 1 heteroatoms. The molecule has 0 bridgehead atoms. The SMILES string of the molecule is Cc1ccc(C[Si])c(C)c1. The van der Waals surface area contributed by atoms with Crippen LogP contribution in [0.2, 0.25) is 0 Å². The summed E-state index contributed by atoms with van der Waals surface area (Å²) in [6.07, 6.45) is 0. The third-order valence-electron chi connectivity index (χ3n) is 1.69. The molecule has 1 rings (SSSR count). The first-order chi connectivity index (χ1) is 4.74. The molecule has 0 saturated heterocycles. The van der Waals surface area contributed by atoms with Crippen molar-refractivity contribution in [3.63, 3.8) is 0 Å². The maximum atomic E-state index is 3.48. The van der Waals surface area contributed by atoms with E-state index in [-0.39, 0.29) is 0 Å². The van der Waals surface area contributed by atoms with Crippen molar-refractivity contribution in [2.45, 2.75) is 19.9 Å². The van der Waals surface area contributed by atoms with E-state index < -0.39 is 0 Å². The van der Waals surface area contributed by atoms with Crippen LogP contribution in [-0.4, -0.2) is 10.2 Å². The van der Waals surface area contributed by atoms with Gasteiger partial charge in [0.2, 0.25) is 0 Å². The molecular weight excluding hydrogens is 136 g/mol. The molecule has 0 N–H and O–H groups in total. The van der Waals surface area contributed by atoms with Crippen molar-refractivity contribution in [3.05, 3.63) is 34.9 Å². The molecular formula is C9H11Si. The van der Waals surface area contributed by atoms with Crippen molar-refractivity contribution in [3.8, 4) is 0 Å². The molecule has 3 radical (unpaired) electrons. The van der Waals surface area contributed by atoms with Crippen molar-refractivity contribution in [2.24, 2.45) is 0 Å². The molecule has 0 amide bonds. The topological polar surface area (TPSA) is 0 Å². The van der Waals surface area contributed by atoms with Gasteiger partial charge in [0.15, 0.2) is 0 Å². The van der Waals surface area contributed by atoms with Crippen LogP contribution in [0, 0.1) is 13.8 Å². The van der Waals surface area contributed by atoms with Crippen LogP contribution in [0.4, 0.5) is 0 Å². The Bertz CT molecular complexity index is 228. The number of benzene rings is 1. The zero-order chi connectivity index (χ0) is 7.56. The van der Waals surface area contributed by atoms with Crippen molar-refractivity contribution in [2.75, 3.05) is 0 Å². The van der Waals surface area contributed by atoms with E-state index in [1.54, 1.807) is 0 Å². The highest BCUT2D eigenvalue weighted by Crippen LogP contribution is 2.09. The lowest BCUT2D eigenvalue weighted by Gasteiger charge is -2.02. The number of rotatable bonds is 1. The van der Waals surface area contributed by atoms with Crippen molar-refractivity contribution < 1.29 is 0 Å². The van der Waals surface area contributed by atoms with E-state index in [2.05, 4.69) is 42.3 Å². The van der Waals surface area contributed by atoms with Crippen LogP contribution in [0.3, 0.4) is 0 Å². The summed E-state index contributed by atoms with van der Waals surface area (Å²) in [4.78, 5) is 0. The van der Waals surface area contributed by atoms with E-state index >= 15 is 0 Å². The van der Waals surface area contributed by atoms with Gasteiger partial charge in [0.1, 0.15) is 0 Å². The van der Waals surface area contributed by atoms with Crippen LogP contribution in [0.25, 0.3) is 0 Å². The van der Waals surface area contributed by atoms with Gasteiger partial charge in [-0.3, -0.25) is 0 Å². The summed E-state index contributed by atoms with van der Waals surface area (Å²) in [5.41, 5.74) is 4.08. The van der Waals surface area contributed by atoms with E-state index in [1.807, 2.05) is 0 Å². The lowest BCUT2D eigenvalue weighted by molar-refractivity contribution is 1.27. The summed E-state index contributed by atoms with van der Waals surface area (Å²) in [7, 11) is 3.48. The zero-order valence-electron chi connectivity index (χ0n) is 6.44. The molecule has 0 atom stereocenters. The molecule has 0 aromatic heterocycles. The van der Waals surface area contributed by atoms with Crippen LogP contribution in [0.1, 0.15) is 16.7 Å². The van der Waals surface area contributed by atoms with Crippen LogP contribution in [0.15, 0.2) is 18.2 Å². The molecule has 0 heterocycles. The standard InChI is InChI=1S/C9H11Si/c1-7-3-4-9(6-10)8(2)5-7/h3-5H,6H2,1-2H3. The highest BCUT2D eigenvalue weighted by Gasteiger charge is 1.93. The minimum Gasteiger partial charge on any atom is -0.0590 e. The fourth-order valence-electron chi connectivity index (χ4n) is 1.04. The highest BCUT2D eigenvalue weighted by atomic mass is 28.1. The predicted octanol–water partition coefficient (Wildman–Crippen LogP) is 1.97. The Balaban J connectivity index is 3.07. The van der Waals surface area contributed by atoms with Gasteiger partial charge < -0.3 is 0 Å². The lowest BCUT2D eigenvalue weighted by atomic mass is 10.1. The van der Waals surface area contributed by atoms with E-state index in [1.165, 1.54) is 16.7 Å². The van der Waals surface area contributed by atoms with Crippen molar-refractivity contribution >= 4 is 10.2 Å². The molecule has 0 aliphatic heterocycles. The monoisotopic (exact) mass is 147 g/mol. The third-order valence-corrected chi connectivity index (χ3v) is 2.07. The number of hydrogen-bond donors (Lipinski definition) is 0. The van der Waals surface area contributed by atoms with E-state index in [0.717, 1.165) is 6.04 Å². The van der Waals surface area contributed by atoms with Gasteiger partial charge in [0, 0.05) is 10.2 Å². The summed E-state index contributed by atoms with van der Waals surface area (Å²) >= 11 is 0. The molecule has 10 heavy (non-hydrogen) atoms. The average Bonchev–Trinajstić information content (AvgIpc) is 1.88. The van der Waals surface area contributed by atoms with Crippen LogP contribution in [0.5, 0.6) is 0 Å². The summed E-state index contributed by atoms with van der Waals surface area (Å²) in [6, 6.07) is 7.46. The second-order valence-electron chi connectivity index (χ2n) is 2.61. The second kappa shape index (κ2) is 3.02. The predicted molar refractivity (Wildman–Crippen MR) is 45.4 cm³/mol. The summed E-state index contributed by atoms with van der Waals surface area (Å²) in [5, 5.41) is 0. The van der Waals surface area contributed by atoms with E-state index in [4.69, 9.17) is 0 Å². The van der Waals surface area contributed by atoms with E-state index in [0.29, 0.717) is 0 Å². The molecule has 0 aliphatic carbocycles. The molecule has 0 unspecified atom stereocenters. The highest BCUT2D eigenvalue weighted by molar-refractivity contribution is 6.08. The maximum Gasteiger partial charge on any atom is 0.0283 e.